The van der Waals surface area contributed by atoms with Crippen molar-refractivity contribution in [3.63, 3.8) is 0 Å². The fraction of sp³-hybridized carbons (Fsp3) is 0.368. The molecule has 0 heterocycles. The van der Waals surface area contributed by atoms with Crippen LogP contribution in [0.5, 0.6) is 0 Å². The number of benzene rings is 2. The van der Waals surface area contributed by atoms with Crippen molar-refractivity contribution < 1.29 is 0 Å². The Morgan fingerprint density at radius 3 is 1.90 bits per heavy atom. The number of rotatable bonds is 5. The Morgan fingerprint density at radius 2 is 1.29 bits per heavy atom. The number of hydrogen-bond donors (Lipinski definition) is 2. The summed E-state index contributed by atoms with van der Waals surface area (Å²) in [6.45, 7) is 12.6. The van der Waals surface area contributed by atoms with Crippen molar-refractivity contribution in [2.24, 2.45) is 0 Å². The molecule has 0 atom stereocenters. The lowest BCUT2D eigenvalue weighted by molar-refractivity contribution is 1.07. The number of aryl methyl sites for hydroxylation is 5. The molecule has 0 aliphatic heterocycles. The number of hydrogen-bond acceptors (Lipinski definition) is 2. The van der Waals surface area contributed by atoms with Crippen LogP contribution in [0.2, 0.25) is 0 Å². The lowest BCUT2D eigenvalue weighted by atomic mass is 10.1. The third-order valence-corrected chi connectivity index (χ3v) is 3.94. The quantitative estimate of drug-likeness (QED) is 0.773. The zero-order chi connectivity index (χ0) is 15.4. The highest BCUT2D eigenvalue weighted by Gasteiger charge is 2.02. The predicted molar refractivity (Wildman–Crippen MR) is 93.5 cm³/mol. The summed E-state index contributed by atoms with van der Waals surface area (Å²) in [5.41, 5.74) is 9.09. The Bertz CT molecular complexity index is 606. The SMILES string of the molecule is Cc1cc(C)c(NCCNc2ccc(C)c(C)c2)c(C)c1. The van der Waals surface area contributed by atoms with Gasteiger partial charge in [0.1, 0.15) is 0 Å². The Morgan fingerprint density at radius 1 is 0.667 bits per heavy atom. The minimum atomic E-state index is 0.912. The standard InChI is InChI=1S/C19H26N2/c1-13-10-16(4)19(17(5)11-13)21-9-8-20-18-7-6-14(2)15(3)12-18/h6-7,10-12,20-21H,8-9H2,1-5H3. The molecule has 0 saturated heterocycles. The summed E-state index contributed by atoms with van der Waals surface area (Å²) in [6.07, 6.45) is 0. The van der Waals surface area contributed by atoms with Gasteiger partial charge in [-0.3, -0.25) is 0 Å². The summed E-state index contributed by atoms with van der Waals surface area (Å²) >= 11 is 0. The molecule has 0 spiro atoms. The van der Waals surface area contributed by atoms with Gasteiger partial charge in [-0.15, -0.1) is 0 Å². The van der Waals surface area contributed by atoms with E-state index in [4.69, 9.17) is 0 Å². The first-order valence-corrected chi connectivity index (χ1v) is 7.60. The van der Waals surface area contributed by atoms with Gasteiger partial charge in [-0.25, -0.2) is 0 Å². The molecule has 21 heavy (non-hydrogen) atoms. The Hall–Kier alpha value is -1.96. The molecule has 0 radical (unpaired) electrons. The van der Waals surface area contributed by atoms with E-state index in [-0.39, 0.29) is 0 Å². The minimum Gasteiger partial charge on any atom is -0.383 e. The molecule has 0 aromatic heterocycles. The summed E-state index contributed by atoms with van der Waals surface area (Å²) in [4.78, 5) is 0. The van der Waals surface area contributed by atoms with Gasteiger partial charge in [-0.1, -0.05) is 23.8 Å². The molecule has 0 unspecified atom stereocenters. The smallest absolute Gasteiger partial charge is 0.0400 e. The molecule has 2 aromatic rings. The average molecular weight is 282 g/mol. The topological polar surface area (TPSA) is 24.1 Å². The summed E-state index contributed by atoms with van der Waals surface area (Å²) in [5.74, 6) is 0. The Labute approximate surface area is 128 Å². The van der Waals surface area contributed by atoms with E-state index in [0.29, 0.717) is 0 Å². The highest BCUT2D eigenvalue weighted by molar-refractivity contribution is 5.58. The molecule has 0 bridgehead atoms. The second kappa shape index (κ2) is 6.66. The Kier molecular flexibility index (Phi) is 4.89. The number of nitrogens with one attached hydrogen (secondary N) is 2. The van der Waals surface area contributed by atoms with Crippen LogP contribution in [0.15, 0.2) is 30.3 Å². The van der Waals surface area contributed by atoms with Crippen LogP contribution >= 0.6 is 0 Å². The fourth-order valence-corrected chi connectivity index (χ4v) is 2.70. The molecule has 0 amide bonds. The van der Waals surface area contributed by atoms with Gasteiger partial charge in [0.25, 0.3) is 0 Å². The van der Waals surface area contributed by atoms with Crippen LogP contribution in [-0.4, -0.2) is 13.1 Å². The molecule has 112 valence electrons. The molecule has 2 rings (SSSR count). The molecule has 2 aromatic carbocycles. The van der Waals surface area contributed by atoms with Crippen molar-refractivity contribution >= 4 is 11.4 Å². The molecule has 2 heteroatoms. The van der Waals surface area contributed by atoms with Gasteiger partial charge < -0.3 is 10.6 Å². The summed E-state index contributed by atoms with van der Waals surface area (Å²) in [6, 6.07) is 11.0. The van der Waals surface area contributed by atoms with E-state index < -0.39 is 0 Å². The second-order valence-electron chi connectivity index (χ2n) is 5.93. The van der Waals surface area contributed by atoms with Crippen LogP contribution in [0.1, 0.15) is 27.8 Å². The third kappa shape index (κ3) is 4.01. The highest BCUT2D eigenvalue weighted by Crippen LogP contribution is 2.21. The van der Waals surface area contributed by atoms with Crippen molar-refractivity contribution in [1.29, 1.82) is 0 Å². The summed E-state index contributed by atoms with van der Waals surface area (Å²) in [5, 5.41) is 7.01. The normalized spacial score (nSPS) is 10.5. The monoisotopic (exact) mass is 282 g/mol. The summed E-state index contributed by atoms with van der Waals surface area (Å²) in [7, 11) is 0. The predicted octanol–water partition coefficient (Wildman–Crippen LogP) is 4.75. The molecule has 0 aliphatic rings. The maximum absolute atomic E-state index is 3.54. The lowest BCUT2D eigenvalue weighted by Crippen LogP contribution is -2.15. The fourth-order valence-electron chi connectivity index (χ4n) is 2.70. The zero-order valence-corrected chi connectivity index (χ0v) is 13.8. The first-order valence-electron chi connectivity index (χ1n) is 7.60. The van der Waals surface area contributed by atoms with E-state index in [1.807, 2.05) is 0 Å². The van der Waals surface area contributed by atoms with E-state index in [1.54, 1.807) is 0 Å². The van der Waals surface area contributed by atoms with Crippen molar-refractivity contribution in [2.75, 3.05) is 23.7 Å². The lowest BCUT2D eigenvalue weighted by Gasteiger charge is -2.15. The zero-order valence-electron chi connectivity index (χ0n) is 13.8. The van der Waals surface area contributed by atoms with Crippen molar-refractivity contribution in [2.45, 2.75) is 34.6 Å². The first kappa shape index (κ1) is 15.4. The van der Waals surface area contributed by atoms with Gasteiger partial charge in [0.05, 0.1) is 0 Å². The summed E-state index contributed by atoms with van der Waals surface area (Å²) < 4.78 is 0. The van der Waals surface area contributed by atoms with Gasteiger partial charge in [-0.2, -0.15) is 0 Å². The van der Waals surface area contributed by atoms with E-state index in [1.165, 1.54) is 39.2 Å². The van der Waals surface area contributed by atoms with Crippen molar-refractivity contribution in [3.8, 4) is 0 Å². The number of anilines is 2. The van der Waals surface area contributed by atoms with Crippen LogP contribution in [-0.2, 0) is 0 Å². The molecular weight excluding hydrogens is 256 g/mol. The van der Waals surface area contributed by atoms with Gasteiger partial charge in [0.2, 0.25) is 0 Å². The molecule has 0 saturated carbocycles. The van der Waals surface area contributed by atoms with Gasteiger partial charge in [0.15, 0.2) is 0 Å². The highest BCUT2D eigenvalue weighted by atomic mass is 14.9. The molecular formula is C19H26N2. The van der Waals surface area contributed by atoms with E-state index in [0.717, 1.165) is 13.1 Å². The van der Waals surface area contributed by atoms with E-state index in [2.05, 4.69) is 75.6 Å². The van der Waals surface area contributed by atoms with Crippen LogP contribution in [0.3, 0.4) is 0 Å². The van der Waals surface area contributed by atoms with E-state index >= 15 is 0 Å². The maximum atomic E-state index is 3.54. The molecule has 2 N–H and O–H groups in total. The second-order valence-corrected chi connectivity index (χ2v) is 5.93. The van der Waals surface area contributed by atoms with Crippen LogP contribution in [0.4, 0.5) is 11.4 Å². The minimum absolute atomic E-state index is 0.912. The first-order chi connectivity index (χ1) is 9.97. The molecule has 0 aliphatic carbocycles. The van der Waals surface area contributed by atoms with Gasteiger partial charge >= 0.3 is 0 Å². The molecule has 0 fully saturated rings. The van der Waals surface area contributed by atoms with Crippen molar-refractivity contribution in [3.05, 3.63) is 58.1 Å². The Balaban J connectivity index is 1.89. The third-order valence-electron chi connectivity index (χ3n) is 3.94. The van der Waals surface area contributed by atoms with Crippen LogP contribution in [0.25, 0.3) is 0 Å². The van der Waals surface area contributed by atoms with Gasteiger partial charge in [-0.05, 0) is 69.0 Å². The van der Waals surface area contributed by atoms with Crippen LogP contribution in [0, 0.1) is 34.6 Å². The van der Waals surface area contributed by atoms with Gasteiger partial charge in [0, 0.05) is 24.5 Å². The molecule has 2 nitrogen and oxygen atoms in total. The van der Waals surface area contributed by atoms with E-state index in [9.17, 15) is 0 Å². The largest absolute Gasteiger partial charge is 0.383 e. The maximum Gasteiger partial charge on any atom is 0.0400 e. The van der Waals surface area contributed by atoms with Crippen LogP contribution < -0.4 is 10.6 Å². The van der Waals surface area contributed by atoms with Crippen molar-refractivity contribution in [1.82, 2.24) is 0 Å². The average Bonchev–Trinajstić information content (AvgIpc) is 2.40.